The van der Waals surface area contributed by atoms with Gasteiger partial charge in [-0.3, -0.25) is 9.59 Å². The van der Waals surface area contributed by atoms with E-state index in [0.29, 0.717) is 5.69 Å². The van der Waals surface area contributed by atoms with E-state index in [1.54, 1.807) is 0 Å². The Morgan fingerprint density at radius 2 is 1.71 bits per heavy atom. The molecule has 2 aromatic carbocycles. The summed E-state index contributed by atoms with van der Waals surface area (Å²) in [4.78, 5) is 30.0. The number of carbonyl (C=O) groups is 2. The maximum atomic E-state index is 13.5. The van der Waals surface area contributed by atoms with Crippen molar-refractivity contribution in [3.63, 3.8) is 0 Å². The molecule has 0 aromatic heterocycles. The largest absolute Gasteiger partial charge is 0.353 e. The molecule has 2 fully saturated rings. The van der Waals surface area contributed by atoms with Gasteiger partial charge < -0.3 is 4.90 Å². The molecular formula is C23H19N3O2. The van der Waals surface area contributed by atoms with Crippen LogP contribution in [0.4, 0.5) is 5.69 Å². The molecule has 2 aromatic rings. The summed E-state index contributed by atoms with van der Waals surface area (Å²) >= 11 is 0. The number of imide groups is 1. The first-order valence-corrected chi connectivity index (χ1v) is 9.42. The van der Waals surface area contributed by atoms with E-state index < -0.39 is 17.9 Å². The maximum Gasteiger partial charge on any atom is 0.240 e. The van der Waals surface area contributed by atoms with Crippen LogP contribution in [0.5, 0.6) is 0 Å². The van der Waals surface area contributed by atoms with Crippen LogP contribution in [0.3, 0.4) is 0 Å². The van der Waals surface area contributed by atoms with Crippen LogP contribution >= 0.6 is 0 Å². The second-order valence-electron chi connectivity index (χ2n) is 7.74. The van der Waals surface area contributed by atoms with E-state index in [-0.39, 0.29) is 17.9 Å². The lowest BCUT2D eigenvalue weighted by atomic mass is 9.85. The predicted molar refractivity (Wildman–Crippen MR) is 105 cm³/mol. The van der Waals surface area contributed by atoms with Gasteiger partial charge in [0.15, 0.2) is 0 Å². The second-order valence-corrected chi connectivity index (χ2v) is 7.74. The molecule has 0 N–H and O–H groups in total. The first-order valence-electron chi connectivity index (χ1n) is 9.42. The van der Waals surface area contributed by atoms with Gasteiger partial charge in [-0.05, 0) is 54.3 Å². The van der Waals surface area contributed by atoms with Gasteiger partial charge in [-0.2, -0.15) is 5.26 Å². The maximum absolute atomic E-state index is 13.5. The predicted octanol–water partition coefficient (Wildman–Crippen LogP) is 3.34. The van der Waals surface area contributed by atoms with Gasteiger partial charge in [0.2, 0.25) is 11.8 Å². The molecule has 28 heavy (non-hydrogen) atoms. The molecule has 0 bridgehead atoms. The summed E-state index contributed by atoms with van der Waals surface area (Å²) < 4.78 is 0. The molecule has 138 valence electrons. The molecule has 3 aliphatic heterocycles. The lowest BCUT2D eigenvalue weighted by Gasteiger charge is -2.33. The summed E-state index contributed by atoms with van der Waals surface area (Å²) in [6, 6.07) is 14.8. The Hall–Kier alpha value is -3.39. The highest BCUT2D eigenvalue weighted by molar-refractivity contribution is 6.23. The average Bonchev–Trinajstić information content (AvgIpc) is 3.17. The molecule has 4 atom stereocenters. The first-order chi connectivity index (χ1) is 13.5. The minimum atomic E-state index is -0.653. The molecule has 5 nitrogen and oxygen atoms in total. The highest BCUT2D eigenvalue weighted by Gasteiger charge is 2.63. The van der Waals surface area contributed by atoms with Crippen molar-refractivity contribution >= 4 is 23.6 Å². The van der Waals surface area contributed by atoms with Gasteiger partial charge in [0.05, 0.1) is 29.6 Å². The number of rotatable bonds is 1. The Bertz CT molecular complexity index is 1100. The number of benzene rings is 2. The van der Waals surface area contributed by atoms with Crippen molar-refractivity contribution in [3.05, 3.63) is 70.9 Å². The van der Waals surface area contributed by atoms with Crippen LogP contribution in [-0.2, 0) is 9.59 Å². The number of anilines is 1. The number of fused-ring (bicyclic) bond motifs is 5. The van der Waals surface area contributed by atoms with Crippen molar-refractivity contribution in [2.75, 3.05) is 4.90 Å². The van der Waals surface area contributed by atoms with E-state index >= 15 is 0 Å². The summed E-state index contributed by atoms with van der Waals surface area (Å²) in [7, 11) is 0. The normalized spacial score (nSPS) is 27.5. The van der Waals surface area contributed by atoms with Crippen molar-refractivity contribution in [1.29, 1.82) is 5.26 Å². The van der Waals surface area contributed by atoms with Crippen LogP contribution in [0.2, 0.25) is 0 Å². The van der Waals surface area contributed by atoms with Gasteiger partial charge in [0, 0.05) is 6.20 Å². The Labute approximate surface area is 163 Å². The standard InChI is InChI=1S/C23H19N3O2/c1-13-7-8-16(11-14(13)2)26-22(27)19-18(12-24)25-10-9-15-5-3-4-6-17(15)21(25)20(19)23(26)28/h3-11,18-21H,1-2H3/t18-,19+,20+,21?/m1/s1. The second kappa shape index (κ2) is 5.80. The van der Waals surface area contributed by atoms with Crippen molar-refractivity contribution in [1.82, 2.24) is 4.90 Å². The molecule has 3 heterocycles. The number of hydrogen-bond donors (Lipinski definition) is 0. The molecule has 0 saturated carbocycles. The molecular weight excluding hydrogens is 350 g/mol. The summed E-state index contributed by atoms with van der Waals surface area (Å²) in [6.07, 6.45) is 3.81. The van der Waals surface area contributed by atoms with Crippen molar-refractivity contribution < 1.29 is 9.59 Å². The zero-order valence-corrected chi connectivity index (χ0v) is 15.7. The minimum absolute atomic E-state index is 0.212. The summed E-state index contributed by atoms with van der Waals surface area (Å²) in [6.45, 7) is 3.96. The highest BCUT2D eigenvalue weighted by Crippen LogP contribution is 2.52. The molecule has 0 spiro atoms. The third-order valence-corrected chi connectivity index (χ3v) is 6.34. The van der Waals surface area contributed by atoms with E-state index in [9.17, 15) is 14.9 Å². The first kappa shape index (κ1) is 16.8. The van der Waals surface area contributed by atoms with Crippen molar-refractivity contribution in [3.8, 4) is 6.07 Å². The number of aryl methyl sites for hydroxylation is 2. The van der Waals surface area contributed by atoms with Crippen LogP contribution < -0.4 is 4.90 Å². The third kappa shape index (κ3) is 2.06. The van der Waals surface area contributed by atoms with E-state index in [0.717, 1.165) is 22.3 Å². The number of carbonyl (C=O) groups excluding carboxylic acids is 2. The number of hydrogen-bond acceptors (Lipinski definition) is 4. The van der Waals surface area contributed by atoms with Gasteiger partial charge in [0.25, 0.3) is 0 Å². The van der Waals surface area contributed by atoms with Crippen LogP contribution in [0.25, 0.3) is 6.08 Å². The fourth-order valence-corrected chi connectivity index (χ4v) is 4.82. The zero-order valence-electron chi connectivity index (χ0n) is 15.7. The van der Waals surface area contributed by atoms with E-state index in [4.69, 9.17) is 0 Å². The molecule has 0 radical (unpaired) electrons. The van der Waals surface area contributed by atoms with Gasteiger partial charge in [-0.1, -0.05) is 30.3 Å². The highest BCUT2D eigenvalue weighted by atomic mass is 16.2. The monoisotopic (exact) mass is 369 g/mol. The fourth-order valence-electron chi connectivity index (χ4n) is 4.82. The molecule has 2 amide bonds. The topological polar surface area (TPSA) is 64.4 Å². The average molecular weight is 369 g/mol. The van der Waals surface area contributed by atoms with Crippen molar-refractivity contribution in [2.45, 2.75) is 25.9 Å². The Morgan fingerprint density at radius 1 is 0.964 bits per heavy atom. The lowest BCUT2D eigenvalue weighted by Crippen LogP contribution is -2.40. The van der Waals surface area contributed by atoms with E-state index in [2.05, 4.69) is 6.07 Å². The summed E-state index contributed by atoms with van der Waals surface area (Å²) in [5.74, 6) is -1.69. The van der Waals surface area contributed by atoms with Crippen LogP contribution in [0, 0.1) is 37.0 Å². The summed E-state index contributed by atoms with van der Waals surface area (Å²) in [5, 5.41) is 9.83. The van der Waals surface area contributed by atoms with E-state index in [1.807, 2.05) is 73.5 Å². The molecule has 2 saturated heterocycles. The Morgan fingerprint density at radius 3 is 2.46 bits per heavy atom. The van der Waals surface area contributed by atoms with Gasteiger partial charge in [-0.25, -0.2) is 4.90 Å². The van der Waals surface area contributed by atoms with Gasteiger partial charge >= 0.3 is 0 Å². The Kier molecular flexibility index (Phi) is 3.47. The lowest BCUT2D eigenvalue weighted by molar-refractivity contribution is -0.123. The number of nitrogens with zero attached hydrogens (tertiary/aromatic N) is 3. The van der Waals surface area contributed by atoms with Crippen LogP contribution in [-0.4, -0.2) is 22.8 Å². The third-order valence-electron chi connectivity index (χ3n) is 6.34. The van der Waals surface area contributed by atoms with Crippen LogP contribution in [0.1, 0.15) is 28.3 Å². The quantitative estimate of drug-likeness (QED) is 0.723. The van der Waals surface area contributed by atoms with Crippen LogP contribution in [0.15, 0.2) is 48.7 Å². The molecule has 1 unspecified atom stereocenters. The molecule has 5 heteroatoms. The van der Waals surface area contributed by atoms with Crippen molar-refractivity contribution in [2.24, 2.45) is 11.8 Å². The van der Waals surface area contributed by atoms with Gasteiger partial charge in [-0.15, -0.1) is 0 Å². The molecule has 5 rings (SSSR count). The molecule has 0 aliphatic carbocycles. The fraction of sp³-hybridized carbons (Fsp3) is 0.261. The van der Waals surface area contributed by atoms with Gasteiger partial charge in [0.1, 0.15) is 6.04 Å². The molecule has 3 aliphatic rings. The number of nitriles is 1. The minimum Gasteiger partial charge on any atom is -0.353 e. The van der Waals surface area contributed by atoms with E-state index in [1.165, 1.54) is 4.90 Å². The smallest absolute Gasteiger partial charge is 0.240 e. The Balaban J connectivity index is 1.63. The SMILES string of the molecule is Cc1ccc(N2C(=O)[C@@H]3[C@H](C2=O)C2c4ccccc4C=CN2[C@@H]3C#N)cc1C. The zero-order chi connectivity index (χ0) is 19.6. The summed E-state index contributed by atoms with van der Waals surface area (Å²) in [5.41, 5.74) is 4.76. The number of amides is 2.